The van der Waals surface area contributed by atoms with Crippen molar-refractivity contribution in [3.63, 3.8) is 0 Å². The van der Waals surface area contributed by atoms with E-state index in [4.69, 9.17) is 9.47 Å². The molecule has 184 valence electrons. The molecule has 0 aromatic carbocycles. The highest BCUT2D eigenvalue weighted by atomic mass is 16.6. The minimum Gasteiger partial charge on any atom is -0.461 e. The quantitative estimate of drug-likeness (QED) is 0.415. The summed E-state index contributed by atoms with van der Waals surface area (Å²) >= 11 is 0. The summed E-state index contributed by atoms with van der Waals surface area (Å²) in [5.41, 5.74) is -1.65. The highest BCUT2D eigenvalue weighted by Gasteiger charge is 2.76. The number of likely N-dealkylation sites (tertiary alicyclic amines) is 1. The summed E-state index contributed by atoms with van der Waals surface area (Å²) in [4.78, 5) is 44.2. The van der Waals surface area contributed by atoms with Gasteiger partial charge in [-0.3, -0.25) is 14.4 Å². The molecular formula is C25H38N2O6. The molecule has 1 spiro atoms. The van der Waals surface area contributed by atoms with Crippen molar-refractivity contribution in [3.05, 3.63) is 25.3 Å². The van der Waals surface area contributed by atoms with Gasteiger partial charge in [-0.2, -0.15) is 0 Å². The first kappa shape index (κ1) is 25.4. The van der Waals surface area contributed by atoms with Crippen LogP contribution >= 0.6 is 0 Å². The molecular weight excluding hydrogens is 424 g/mol. The van der Waals surface area contributed by atoms with E-state index in [1.54, 1.807) is 11.0 Å². The summed E-state index contributed by atoms with van der Waals surface area (Å²) in [6.45, 7) is 17.0. The van der Waals surface area contributed by atoms with Crippen LogP contribution in [-0.4, -0.2) is 81.8 Å². The topological polar surface area (TPSA) is 96.4 Å². The number of carbonyl (C=O) groups is 3. The highest BCUT2D eigenvalue weighted by Crippen LogP contribution is 2.59. The molecule has 3 aliphatic heterocycles. The molecule has 3 saturated heterocycles. The Bertz CT molecular complexity index is 818. The number of hydrogen-bond donors (Lipinski definition) is 1. The first-order valence-electron chi connectivity index (χ1n) is 11.8. The average molecular weight is 463 g/mol. The molecule has 0 saturated carbocycles. The van der Waals surface area contributed by atoms with E-state index in [0.29, 0.717) is 19.4 Å². The van der Waals surface area contributed by atoms with Gasteiger partial charge in [-0.15, -0.1) is 6.58 Å². The minimum atomic E-state index is -1.12. The zero-order valence-corrected chi connectivity index (χ0v) is 20.5. The molecule has 3 fully saturated rings. The summed E-state index contributed by atoms with van der Waals surface area (Å²) < 4.78 is 11.7. The second-order valence-electron chi connectivity index (χ2n) is 10.6. The number of nitrogens with zero attached hydrogens (tertiary/aromatic N) is 2. The first-order valence-corrected chi connectivity index (χ1v) is 11.8. The molecule has 3 heterocycles. The van der Waals surface area contributed by atoms with Crippen LogP contribution in [0.2, 0.25) is 0 Å². The zero-order chi connectivity index (χ0) is 24.7. The number of amides is 2. The third-order valence-electron chi connectivity index (χ3n) is 7.29. The third kappa shape index (κ3) is 4.01. The van der Waals surface area contributed by atoms with Crippen LogP contribution in [0.25, 0.3) is 0 Å². The van der Waals surface area contributed by atoms with Gasteiger partial charge in [-0.1, -0.05) is 32.6 Å². The Morgan fingerprint density at radius 1 is 1.33 bits per heavy atom. The number of hydrogen-bond acceptors (Lipinski definition) is 6. The molecule has 33 heavy (non-hydrogen) atoms. The predicted molar refractivity (Wildman–Crippen MR) is 123 cm³/mol. The van der Waals surface area contributed by atoms with Gasteiger partial charge in [0.05, 0.1) is 30.6 Å². The fourth-order valence-electron chi connectivity index (χ4n) is 5.82. The first-order chi connectivity index (χ1) is 15.5. The van der Waals surface area contributed by atoms with Crippen LogP contribution in [0.5, 0.6) is 0 Å². The molecule has 0 aliphatic carbocycles. The second-order valence-corrected chi connectivity index (χ2v) is 10.6. The fraction of sp³-hybridized carbons (Fsp3) is 0.720. The van der Waals surface area contributed by atoms with Gasteiger partial charge in [0.1, 0.15) is 18.2 Å². The summed E-state index contributed by atoms with van der Waals surface area (Å²) in [5, 5.41) is 10.2. The Hall–Kier alpha value is -2.19. The van der Waals surface area contributed by atoms with Gasteiger partial charge in [0.2, 0.25) is 11.8 Å². The molecule has 0 radical (unpaired) electrons. The normalized spacial score (nSPS) is 31.5. The largest absolute Gasteiger partial charge is 0.461 e. The molecule has 2 amide bonds. The molecule has 3 rings (SSSR count). The maximum Gasteiger partial charge on any atom is 0.312 e. The van der Waals surface area contributed by atoms with E-state index in [-0.39, 0.29) is 30.9 Å². The van der Waals surface area contributed by atoms with Gasteiger partial charge in [0, 0.05) is 12.1 Å². The second kappa shape index (κ2) is 9.22. The SMILES string of the molecule is C=CCOC(=O)[C@@H]1[C@H]2C(=O)N([C@@H](CO)C(C)C)C(C(=O)N(CC=C)C(C)(C)C)C23CC[C@H]1O3. The van der Waals surface area contributed by atoms with Crippen molar-refractivity contribution < 1.29 is 29.0 Å². The highest BCUT2D eigenvalue weighted by molar-refractivity contribution is 5.98. The maximum absolute atomic E-state index is 14.1. The van der Waals surface area contributed by atoms with Crippen molar-refractivity contribution in [2.75, 3.05) is 19.8 Å². The van der Waals surface area contributed by atoms with E-state index in [2.05, 4.69) is 13.2 Å². The standard InChI is InChI=1S/C25H38N2O6/c1-8-12-26(24(5,6)7)22(30)20-25-11-10-17(33-25)18(23(31)32-13-9-2)19(25)21(29)27(20)16(14-28)15(3)4/h8-9,15-20,28H,1-2,10-14H2,3-7H3/t16-,17+,18-,19-,20?,25?/m0/s1. The maximum atomic E-state index is 14.1. The minimum absolute atomic E-state index is 0.0461. The van der Waals surface area contributed by atoms with Crippen molar-refractivity contribution in [1.82, 2.24) is 9.80 Å². The van der Waals surface area contributed by atoms with E-state index >= 15 is 0 Å². The third-order valence-corrected chi connectivity index (χ3v) is 7.29. The number of esters is 1. The Morgan fingerprint density at radius 3 is 2.52 bits per heavy atom. The summed E-state index contributed by atoms with van der Waals surface area (Å²) in [7, 11) is 0. The molecule has 8 nitrogen and oxygen atoms in total. The molecule has 3 aliphatic rings. The predicted octanol–water partition coefficient (Wildman–Crippen LogP) is 1.92. The number of aliphatic hydroxyl groups is 1. The van der Waals surface area contributed by atoms with Gasteiger partial charge < -0.3 is 24.4 Å². The lowest BCUT2D eigenvalue weighted by atomic mass is 9.70. The molecule has 8 heteroatoms. The van der Waals surface area contributed by atoms with Crippen molar-refractivity contribution in [2.45, 2.75) is 76.8 Å². The molecule has 2 bridgehead atoms. The Balaban J connectivity index is 2.12. The van der Waals surface area contributed by atoms with E-state index in [1.807, 2.05) is 34.6 Å². The van der Waals surface area contributed by atoms with Crippen molar-refractivity contribution in [3.8, 4) is 0 Å². The molecule has 1 N–H and O–H groups in total. The fourth-order valence-corrected chi connectivity index (χ4v) is 5.82. The number of aliphatic hydroxyl groups excluding tert-OH is 1. The van der Waals surface area contributed by atoms with Crippen LogP contribution < -0.4 is 0 Å². The van der Waals surface area contributed by atoms with Gasteiger partial charge >= 0.3 is 5.97 Å². The molecule has 2 unspecified atom stereocenters. The summed E-state index contributed by atoms with van der Waals surface area (Å²) in [6.07, 6.45) is 3.73. The van der Waals surface area contributed by atoms with Crippen LogP contribution in [-0.2, 0) is 23.9 Å². The van der Waals surface area contributed by atoms with Crippen LogP contribution in [0, 0.1) is 17.8 Å². The van der Waals surface area contributed by atoms with Crippen molar-refractivity contribution in [2.24, 2.45) is 17.8 Å². The van der Waals surface area contributed by atoms with Crippen molar-refractivity contribution >= 4 is 17.8 Å². The van der Waals surface area contributed by atoms with Crippen molar-refractivity contribution in [1.29, 1.82) is 0 Å². The van der Waals surface area contributed by atoms with Gasteiger partial charge in [0.15, 0.2) is 0 Å². The Labute approximate surface area is 196 Å². The Morgan fingerprint density at radius 2 is 2.00 bits per heavy atom. The van der Waals surface area contributed by atoms with Crippen LogP contribution in [0.4, 0.5) is 0 Å². The lowest BCUT2D eigenvalue weighted by Gasteiger charge is -2.44. The number of rotatable bonds is 9. The average Bonchev–Trinajstić information content (AvgIpc) is 3.37. The van der Waals surface area contributed by atoms with Gasteiger partial charge in [-0.05, 0) is 39.5 Å². The van der Waals surface area contributed by atoms with Crippen LogP contribution in [0.1, 0.15) is 47.5 Å². The molecule has 0 aromatic rings. The van der Waals surface area contributed by atoms with Crippen LogP contribution in [0.15, 0.2) is 25.3 Å². The van der Waals surface area contributed by atoms with Crippen LogP contribution in [0.3, 0.4) is 0 Å². The molecule has 6 atom stereocenters. The monoisotopic (exact) mass is 462 g/mol. The lowest BCUT2D eigenvalue weighted by Crippen LogP contribution is -2.62. The van der Waals surface area contributed by atoms with E-state index < -0.39 is 47.1 Å². The van der Waals surface area contributed by atoms with Gasteiger partial charge in [-0.25, -0.2) is 0 Å². The number of fused-ring (bicyclic) bond motifs is 1. The summed E-state index contributed by atoms with van der Waals surface area (Å²) in [6, 6.07) is -1.51. The van der Waals surface area contributed by atoms with E-state index in [0.717, 1.165) is 0 Å². The zero-order valence-electron chi connectivity index (χ0n) is 20.5. The van der Waals surface area contributed by atoms with Gasteiger partial charge in [0.25, 0.3) is 0 Å². The lowest BCUT2D eigenvalue weighted by molar-refractivity contribution is -0.157. The van der Waals surface area contributed by atoms with E-state index in [9.17, 15) is 19.5 Å². The Kier molecular flexibility index (Phi) is 7.10. The number of ether oxygens (including phenoxy) is 2. The smallest absolute Gasteiger partial charge is 0.312 e. The summed E-state index contributed by atoms with van der Waals surface area (Å²) in [5.74, 6) is -2.78. The molecule has 0 aromatic heterocycles. The number of carbonyl (C=O) groups excluding carboxylic acids is 3. The van der Waals surface area contributed by atoms with E-state index in [1.165, 1.54) is 11.0 Å².